The van der Waals surface area contributed by atoms with Crippen molar-refractivity contribution in [3.63, 3.8) is 0 Å². The Morgan fingerprint density at radius 1 is 1.03 bits per heavy atom. The number of rotatable bonds is 8. The van der Waals surface area contributed by atoms with E-state index in [1.54, 1.807) is 24.3 Å². The van der Waals surface area contributed by atoms with E-state index < -0.39 is 11.2 Å². The molecule has 2 aromatic carbocycles. The number of benzene rings is 2. The van der Waals surface area contributed by atoms with Crippen molar-refractivity contribution in [2.75, 3.05) is 37.4 Å². The average molecular weight is 412 g/mol. The number of anilines is 1. The zero-order valence-corrected chi connectivity index (χ0v) is 17.3. The highest BCUT2D eigenvalue weighted by molar-refractivity contribution is 7.92. The van der Waals surface area contributed by atoms with E-state index >= 15 is 0 Å². The van der Waals surface area contributed by atoms with E-state index in [1.165, 1.54) is 4.90 Å². The van der Waals surface area contributed by atoms with Crippen LogP contribution < -0.4 is 5.32 Å². The van der Waals surface area contributed by atoms with Crippen LogP contribution in [0.1, 0.15) is 39.6 Å². The fourth-order valence-electron chi connectivity index (χ4n) is 4.02. The predicted molar refractivity (Wildman–Crippen MR) is 114 cm³/mol. The SMILES string of the molecule is CCCN(CCc1cccc2c1[S+]([O-])CN2)CCN1C(=O)c2ccccc2C1=O. The van der Waals surface area contributed by atoms with Gasteiger partial charge < -0.3 is 14.8 Å². The number of nitrogens with one attached hydrogen (secondary N) is 1. The van der Waals surface area contributed by atoms with Gasteiger partial charge in [0.15, 0.2) is 10.8 Å². The van der Waals surface area contributed by atoms with Gasteiger partial charge >= 0.3 is 0 Å². The number of carbonyl (C=O) groups excluding carboxylic acids is 2. The minimum absolute atomic E-state index is 0.204. The lowest BCUT2D eigenvalue weighted by Gasteiger charge is -2.24. The first-order chi connectivity index (χ1) is 14.1. The number of fused-ring (bicyclic) bond motifs is 2. The molecule has 0 saturated heterocycles. The average Bonchev–Trinajstić information content (AvgIpc) is 3.23. The van der Waals surface area contributed by atoms with Gasteiger partial charge in [0.05, 0.1) is 16.8 Å². The van der Waals surface area contributed by atoms with Crippen LogP contribution in [0.2, 0.25) is 0 Å². The van der Waals surface area contributed by atoms with Crippen LogP contribution in [0.15, 0.2) is 47.4 Å². The molecule has 152 valence electrons. The normalized spacial score (nSPS) is 17.6. The van der Waals surface area contributed by atoms with Gasteiger partial charge in [-0.15, -0.1) is 0 Å². The molecular weight excluding hydrogens is 386 g/mol. The molecule has 2 heterocycles. The third-order valence-corrected chi connectivity index (χ3v) is 6.82. The summed E-state index contributed by atoms with van der Waals surface area (Å²) < 4.78 is 12.3. The Morgan fingerprint density at radius 3 is 2.45 bits per heavy atom. The first-order valence-electron chi connectivity index (χ1n) is 10.0. The highest BCUT2D eigenvalue weighted by atomic mass is 32.2. The Hall–Kier alpha value is -2.35. The van der Waals surface area contributed by atoms with Crippen LogP contribution in [0.3, 0.4) is 0 Å². The van der Waals surface area contributed by atoms with Gasteiger partial charge in [0.1, 0.15) is 0 Å². The van der Waals surface area contributed by atoms with E-state index in [0.717, 1.165) is 42.1 Å². The summed E-state index contributed by atoms with van der Waals surface area (Å²) in [5.41, 5.74) is 3.06. The van der Waals surface area contributed by atoms with Crippen LogP contribution in [0.25, 0.3) is 0 Å². The number of imide groups is 1. The maximum atomic E-state index is 12.6. The number of hydrogen-bond acceptors (Lipinski definition) is 5. The number of hydrogen-bond donors (Lipinski definition) is 1. The first-order valence-corrected chi connectivity index (χ1v) is 11.3. The highest BCUT2D eigenvalue weighted by Gasteiger charge is 2.35. The molecule has 0 saturated carbocycles. The van der Waals surface area contributed by atoms with Crippen LogP contribution in [-0.2, 0) is 17.6 Å². The van der Waals surface area contributed by atoms with Crippen molar-refractivity contribution >= 4 is 28.7 Å². The molecule has 0 aromatic heterocycles. The number of carbonyl (C=O) groups is 2. The van der Waals surface area contributed by atoms with Gasteiger partial charge in [-0.3, -0.25) is 14.5 Å². The Bertz CT molecular complexity index is 898. The lowest BCUT2D eigenvalue weighted by atomic mass is 10.1. The highest BCUT2D eigenvalue weighted by Crippen LogP contribution is 2.32. The molecule has 2 aromatic rings. The Kier molecular flexibility index (Phi) is 5.89. The van der Waals surface area contributed by atoms with Crippen molar-refractivity contribution in [2.24, 2.45) is 0 Å². The zero-order chi connectivity index (χ0) is 20.4. The molecule has 0 fully saturated rings. The third kappa shape index (κ3) is 3.90. The summed E-state index contributed by atoms with van der Waals surface area (Å²) in [7, 11) is 0. The second-order valence-electron chi connectivity index (χ2n) is 7.36. The second kappa shape index (κ2) is 8.57. The van der Waals surface area contributed by atoms with Crippen molar-refractivity contribution in [3.05, 3.63) is 59.2 Å². The fraction of sp³-hybridized carbons (Fsp3) is 0.364. The maximum absolute atomic E-state index is 12.6. The topological polar surface area (TPSA) is 75.7 Å². The predicted octanol–water partition coefficient (Wildman–Crippen LogP) is 2.73. The van der Waals surface area contributed by atoms with Gasteiger partial charge in [0.25, 0.3) is 11.8 Å². The molecule has 1 N–H and O–H groups in total. The molecular formula is C22H25N3O3S. The summed E-state index contributed by atoms with van der Waals surface area (Å²) in [5, 5.41) is 3.19. The van der Waals surface area contributed by atoms with Crippen molar-refractivity contribution < 1.29 is 14.1 Å². The third-order valence-electron chi connectivity index (χ3n) is 5.47. The van der Waals surface area contributed by atoms with Gasteiger partial charge in [0.2, 0.25) is 0 Å². The summed E-state index contributed by atoms with van der Waals surface area (Å²) in [6, 6.07) is 13.0. The summed E-state index contributed by atoms with van der Waals surface area (Å²) >= 11 is -0.993. The van der Waals surface area contributed by atoms with Crippen LogP contribution in [0.4, 0.5) is 5.69 Å². The molecule has 0 spiro atoms. The molecule has 0 aliphatic carbocycles. The lowest BCUT2D eigenvalue weighted by molar-refractivity contribution is 0.0636. The van der Waals surface area contributed by atoms with Crippen molar-refractivity contribution in [1.29, 1.82) is 0 Å². The summed E-state index contributed by atoms with van der Waals surface area (Å²) in [6.45, 7) is 4.82. The van der Waals surface area contributed by atoms with Crippen molar-refractivity contribution in [2.45, 2.75) is 24.7 Å². The van der Waals surface area contributed by atoms with E-state index in [1.807, 2.05) is 18.2 Å². The molecule has 7 heteroatoms. The molecule has 6 nitrogen and oxygen atoms in total. The van der Waals surface area contributed by atoms with Gasteiger partial charge in [-0.2, -0.15) is 0 Å². The van der Waals surface area contributed by atoms with Gasteiger partial charge in [-0.25, -0.2) is 0 Å². The van der Waals surface area contributed by atoms with Crippen molar-refractivity contribution in [1.82, 2.24) is 9.80 Å². The van der Waals surface area contributed by atoms with E-state index in [0.29, 0.717) is 30.1 Å². The van der Waals surface area contributed by atoms with Crippen LogP contribution in [0.5, 0.6) is 0 Å². The van der Waals surface area contributed by atoms with E-state index in [9.17, 15) is 14.1 Å². The lowest BCUT2D eigenvalue weighted by Crippen LogP contribution is -2.39. The van der Waals surface area contributed by atoms with Crippen LogP contribution in [0, 0.1) is 0 Å². The van der Waals surface area contributed by atoms with Crippen LogP contribution >= 0.6 is 0 Å². The smallest absolute Gasteiger partial charge is 0.261 e. The molecule has 1 atom stereocenters. The standard InChI is InChI=1S/C22H25N3O3S/c1-2-11-24(12-10-16-6-5-9-19-20(16)29(28)15-23-19)13-14-25-21(26)17-7-3-4-8-18(17)22(25)27/h3-9,23H,2,10-15H2,1H3. The molecule has 29 heavy (non-hydrogen) atoms. The molecule has 2 aliphatic heterocycles. The monoisotopic (exact) mass is 411 g/mol. The van der Waals surface area contributed by atoms with Gasteiger partial charge in [0, 0.05) is 36.4 Å². The largest absolute Gasteiger partial charge is 0.610 e. The van der Waals surface area contributed by atoms with Crippen LogP contribution in [-0.4, -0.2) is 58.2 Å². The van der Waals surface area contributed by atoms with Crippen molar-refractivity contribution in [3.8, 4) is 0 Å². The van der Waals surface area contributed by atoms with E-state index in [-0.39, 0.29) is 11.8 Å². The Morgan fingerprint density at radius 2 is 1.76 bits per heavy atom. The Balaban J connectivity index is 1.39. The second-order valence-corrected chi connectivity index (χ2v) is 8.75. The molecule has 4 rings (SSSR count). The molecule has 2 aliphatic rings. The van der Waals surface area contributed by atoms with Gasteiger partial charge in [-0.05, 0) is 37.6 Å². The van der Waals surface area contributed by atoms with E-state index in [2.05, 4.69) is 17.1 Å². The quantitative estimate of drug-likeness (QED) is 0.534. The zero-order valence-electron chi connectivity index (χ0n) is 16.5. The number of amides is 2. The molecule has 1 unspecified atom stereocenters. The molecule has 0 radical (unpaired) electrons. The minimum atomic E-state index is -0.993. The van der Waals surface area contributed by atoms with E-state index in [4.69, 9.17) is 0 Å². The fourth-order valence-corrected chi connectivity index (χ4v) is 5.30. The van der Waals surface area contributed by atoms with Gasteiger partial charge in [-0.1, -0.05) is 31.2 Å². The first kappa shape index (κ1) is 19.9. The maximum Gasteiger partial charge on any atom is 0.261 e. The molecule has 0 bridgehead atoms. The summed E-state index contributed by atoms with van der Waals surface area (Å²) in [6.07, 6.45) is 1.78. The summed E-state index contributed by atoms with van der Waals surface area (Å²) in [4.78, 5) is 29.7. The minimum Gasteiger partial charge on any atom is -0.610 e. The Labute approximate surface area is 174 Å². The summed E-state index contributed by atoms with van der Waals surface area (Å²) in [5.74, 6) is 0.0684. The molecule has 2 amide bonds. The number of nitrogens with zero attached hydrogens (tertiary/aromatic N) is 2.